The maximum Gasteiger partial charge on any atom is 0.213 e. The number of aromatic nitrogens is 1. The van der Waals surface area contributed by atoms with Crippen molar-refractivity contribution in [1.29, 1.82) is 0 Å². The molecule has 0 N–H and O–H groups in total. The summed E-state index contributed by atoms with van der Waals surface area (Å²) in [6.07, 6.45) is 1.01. The first-order valence-electron chi connectivity index (χ1n) is 5.72. The minimum absolute atomic E-state index is 0.233. The van der Waals surface area contributed by atoms with E-state index in [0.717, 1.165) is 5.69 Å². The lowest BCUT2D eigenvalue weighted by atomic mass is 10.0. The van der Waals surface area contributed by atoms with Gasteiger partial charge < -0.3 is 4.74 Å². The van der Waals surface area contributed by atoms with Crippen molar-refractivity contribution >= 4 is 5.78 Å². The molecule has 0 aromatic carbocycles. The molecule has 0 radical (unpaired) electrons. The van der Waals surface area contributed by atoms with Gasteiger partial charge in [0.15, 0.2) is 0 Å². The molecule has 1 heterocycles. The summed E-state index contributed by atoms with van der Waals surface area (Å²) in [7, 11) is 0. The number of pyridine rings is 1. The van der Waals surface area contributed by atoms with Gasteiger partial charge in [-0.15, -0.1) is 0 Å². The number of rotatable bonds is 6. The average molecular weight is 221 g/mol. The third-order valence-electron chi connectivity index (χ3n) is 2.09. The molecule has 1 aromatic rings. The number of ether oxygens (including phenoxy) is 1. The highest BCUT2D eigenvalue weighted by atomic mass is 16.5. The van der Waals surface area contributed by atoms with Crippen LogP contribution in [0.15, 0.2) is 18.2 Å². The molecule has 0 unspecified atom stereocenters. The Morgan fingerprint density at radius 1 is 1.44 bits per heavy atom. The predicted octanol–water partition coefficient (Wildman–Crippen LogP) is 2.64. The second-order valence-corrected chi connectivity index (χ2v) is 4.21. The number of hydrogen-bond donors (Lipinski definition) is 0. The van der Waals surface area contributed by atoms with Crippen LogP contribution >= 0.6 is 0 Å². The summed E-state index contributed by atoms with van der Waals surface area (Å²) >= 11 is 0. The lowest BCUT2D eigenvalue weighted by Crippen LogP contribution is -2.08. The van der Waals surface area contributed by atoms with Crippen LogP contribution in [0.4, 0.5) is 0 Å². The maximum atomic E-state index is 11.6. The molecule has 0 saturated carbocycles. The molecule has 3 heteroatoms. The molecule has 0 aliphatic heterocycles. The maximum absolute atomic E-state index is 11.6. The monoisotopic (exact) mass is 221 g/mol. The minimum atomic E-state index is 0.233. The molecule has 0 amide bonds. The number of ketones is 1. The van der Waals surface area contributed by atoms with Gasteiger partial charge in [-0.05, 0) is 18.9 Å². The van der Waals surface area contributed by atoms with Crippen molar-refractivity contribution in [3.63, 3.8) is 0 Å². The Morgan fingerprint density at radius 2 is 2.19 bits per heavy atom. The molecule has 1 aromatic heterocycles. The third kappa shape index (κ3) is 4.43. The Morgan fingerprint density at radius 3 is 2.81 bits per heavy atom. The molecule has 0 fully saturated rings. The zero-order chi connectivity index (χ0) is 12.0. The van der Waals surface area contributed by atoms with E-state index < -0.39 is 0 Å². The van der Waals surface area contributed by atoms with Gasteiger partial charge >= 0.3 is 0 Å². The van der Waals surface area contributed by atoms with E-state index in [-0.39, 0.29) is 5.78 Å². The highest BCUT2D eigenvalue weighted by molar-refractivity contribution is 5.80. The largest absolute Gasteiger partial charge is 0.478 e. The zero-order valence-electron chi connectivity index (χ0n) is 10.2. The van der Waals surface area contributed by atoms with Gasteiger partial charge in [0, 0.05) is 18.9 Å². The van der Waals surface area contributed by atoms with E-state index in [1.54, 1.807) is 6.07 Å². The van der Waals surface area contributed by atoms with Gasteiger partial charge in [-0.25, -0.2) is 4.98 Å². The lowest BCUT2D eigenvalue weighted by molar-refractivity contribution is -0.119. The molecule has 1 rings (SSSR count). The van der Waals surface area contributed by atoms with Crippen molar-refractivity contribution in [2.24, 2.45) is 5.92 Å². The second kappa shape index (κ2) is 6.26. The summed E-state index contributed by atoms with van der Waals surface area (Å²) < 4.78 is 5.29. The fourth-order valence-corrected chi connectivity index (χ4v) is 1.51. The first kappa shape index (κ1) is 12.7. The number of hydrogen-bond acceptors (Lipinski definition) is 3. The Bertz CT molecular complexity index is 348. The Balaban J connectivity index is 2.59. The van der Waals surface area contributed by atoms with E-state index in [2.05, 4.69) is 4.98 Å². The Kier molecular flexibility index (Phi) is 4.96. The quantitative estimate of drug-likeness (QED) is 0.741. The van der Waals surface area contributed by atoms with E-state index in [4.69, 9.17) is 4.74 Å². The van der Waals surface area contributed by atoms with Crippen LogP contribution in [0.1, 0.15) is 32.9 Å². The molecule has 16 heavy (non-hydrogen) atoms. The van der Waals surface area contributed by atoms with Crippen LogP contribution in [-0.4, -0.2) is 17.4 Å². The Labute approximate surface area is 96.8 Å². The molecule has 0 aliphatic rings. The molecule has 3 nitrogen and oxygen atoms in total. The standard InChI is InChI=1S/C13H19NO2/c1-4-16-13-7-5-6-11(14-13)9-12(15)8-10(2)3/h5-7,10H,4,8-9H2,1-3H3. The van der Waals surface area contributed by atoms with Gasteiger partial charge in [-0.1, -0.05) is 19.9 Å². The van der Waals surface area contributed by atoms with Crippen molar-refractivity contribution in [2.75, 3.05) is 6.61 Å². The summed E-state index contributed by atoms with van der Waals surface area (Å²) in [4.78, 5) is 15.9. The lowest BCUT2D eigenvalue weighted by Gasteiger charge is -2.05. The molecule has 0 spiro atoms. The van der Waals surface area contributed by atoms with Crippen LogP contribution in [0, 0.1) is 5.92 Å². The topological polar surface area (TPSA) is 39.2 Å². The fourth-order valence-electron chi connectivity index (χ4n) is 1.51. The van der Waals surface area contributed by atoms with Gasteiger partial charge in [-0.3, -0.25) is 4.79 Å². The average Bonchev–Trinajstić information content (AvgIpc) is 2.17. The number of carbonyl (C=O) groups excluding carboxylic acids is 1. The van der Waals surface area contributed by atoms with Crippen LogP contribution in [0.2, 0.25) is 0 Å². The smallest absolute Gasteiger partial charge is 0.213 e. The highest BCUT2D eigenvalue weighted by Crippen LogP contribution is 2.10. The summed E-state index contributed by atoms with van der Waals surface area (Å²) in [6.45, 7) is 6.60. The molecule has 0 saturated heterocycles. The number of carbonyl (C=O) groups is 1. The SMILES string of the molecule is CCOc1cccc(CC(=O)CC(C)C)n1. The van der Waals surface area contributed by atoms with Crippen molar-refractivity contribution in [1.82, 2.24) is 4.98 Å². The van der Waals surface area contributed by atoms with Crippen LogP contribution in [0.5, 0.6) is 5.88 Å². The molecular formula is C13H19NO2. The van der Waals surface area contributed by atoms with Crippen molar-refractivity contribution < 1.29 is 9.53 Å². The van der Waals surface area contributed by atoms with E-state index in [1.807, 2.05) is 32.9 Å². The molecular weight excluding hydrogens is 202 g/mol. The number of Topliss-reactive ketones (excluding diaryl/α,β-unsaturated/α-hetero) is 1. The summed E-state index contributed by atoms with van der Waals surface area (Å²) in [5, 5.41) is 0. The van der Waals surface area contributed by atoms with E-state index >= 15 is 0 Å². The highest BCUT2D eigenvalue weighted by Gasteiger charge is 2.07. The van der Waals surface area contributed by atoms with Crippen LogP contribution in [0.3, 0.4) is 0 Å². The second-order valence-electron chi connectivity index (χ2n) is 4.21. The minimum Gasteiger partial charge on any atom is -0.478 e. The van der Waals surface area contributed by atoms with Crippen molar-refractivity contribution in [3.8, 4) is 5.88 Å². The number of nitrogens with zero attached hydrogens (tertiary/aromatic N) is 1. The first-order valence-corrected chi connectivity index (χ1v) is 5.72. The predicted molar refractivity (Wildman–Crippen MR) is 63.6 cm³/mol. The Hall–Kier alpha value is -1.38. The van der Waals surface area contributed by atoms with E-state index in [9.17, 15) is 4.79 Å². The van der Waals surface area contributed by atoms with Crippen LogP contribution in [-0.2, 0) is 11.2 Å². The fraction of sp³-hybridized carbons (Fsp3) is 0.538. The molecule has 0 atom stereocenters. The third-order valence-corrected chi connectivity index (χ3v) is 2.09. The molecule has 0 bridgehead atoms. The first-order chi connectivity index (χ1) is 7.61. The van der Waals surface area contributed by atoms with Gasteiger partial charge in [0.2, 0.25) is 5.88 Å². The van der Waals surface area contributed by atoms with Crippen LogP contribution < -0.4 is 4.74 Å². The zero-order valence-corrected chi connectivity index (χ0v) is 10.2. The molecule has 88 valence electrons. The van der Waals surface area contributed by atoms with Gasteiger partial charge in [0.05, 0.1) is 12.3 Å². The summed E-state index contributed by atoms with van der Waals surface area (Å²) in [5.41, 5.74) is 0.789. The van der Waals surface area contributed by atoms with Crippen LogP contribution in [0.25, 0.3) is 0 Å². The van der Waals surface area contributed by atoms with Gasteiger partial charge in [0.25, 0.3) is 0 Å². The van der Waals surface area contributed by atoms with E-state index in [0.29, 0.717) is 31.2 Å². The van der Waals surface area contributed by atoms with Gasteiger partial charge in [0.1, 0.15) is 5.78 Å². The summed E-state index contributed by atoms with van der Waals surface area (Å²) in [6, 6.07) is 5.54. The van der Waals surface area contributed by atoms with Crippen molar-refractivity contribution in [2.45, 2.75) is 33.6 Å². The summed E-state index contributed by atoms with van der Waals surface area (Å²) in [5.74, 6) is 1.23. The van der Waals surface area contributed by atoms with E-state index in [1.165, 1.54) is 0 Å². The van der Waals surface area contributed by atoms with Crippen molar-refractivity contribution in [3.05, 3.63) is 23.9 Å². The molecule has 0 aliphatic carbocycles. The normalized spacial score (nSPS) is 10.5. The van der Waals surface area contributed by atoms with Gasteiger partial charge in [-0.2, -0.15) is 0 Å².